The summed E-state index contributed by atoms with van der Waals surface area (Å²) in [7, 11) is -2.89. The number of rotatable bonds is 14. The molecule has 0 bridgehead atoms. The maximum atomic E-state index is 8.88. The van der Waals surface area contributed by atoms with Gasteiger partial charge in [-0.2, -0.15) is 0 Å². The number of hydrogen-bond acceptors (Lipinski definition) is 5. The van der Waals surface area contributed by atoms with Crippen molar-refractivity contribution >= 4 is 24.4 Å². The predicted molar refractivity (Wildman–Crippen MR) is 148 cm³/mol. The molecule has 0 saturated carbocycles. The number of aromatic nitrogens is 1. The first-order chi connectivity index (χ1) is 17.3. The highest BCUT2D eigenvalue weighted by atomic mass is 31.2. The molecular formula is C27H46N3O5P. The highest BCUT2D eigenvalue weighted by Crippen LogP contribution is 2.36. The van der Waals surface area contributed by atoms with E-state index in [0.717, 1.165) is 30.7 Å². The second kappa shape index (κ2) is 16.2. The maximum Gasteiger partial charge on any atom is 0.466 e. The zero-order chi connectivity index (χ0) is 26.4. The smallest absolute Gasteiger partial charge is 0.466 e. The standard InChI is InChI=1S/C27H43N3O.H3O4P/c1-4-6-10-19-30(20-11-7-5-2)21-13-18-28-26-22-14-8-9-16-24(22)29-27-23(26)15-12-17-25(27)31-3;1-5(2,3)4/h12,15,17H,4-11,13-14,16,18-21H2,1-3H3,(H,28,29);(H3,1,2,3,4). The SMILES string of the molecule is CCCCCN(CCCCC)CCCNc1c2c(nc3c(OC)cccc13)CCCC2.O=P(O)(O)O. The van der Waals surface area contributed by atoms with Gasteiger partial charge in [-0.05, 0) is 76.2 Å². The van der Waals surface area contributed by atoms with Crippen LogP contribution in [0.3, 0.4) is 0 Å². The maximum absolute atomic E-state index is 8.88. The monoisotopic (exact) mass is 523 g/mol. The Labute approximate surface area is 216 Å². The lowest BCUT2D eigenvalue weighted by Crippen LogP contribution is -2.28. The molecule has 1 aliphatic carbocycles. The number of anilines is 1. The van der Waals surface area contributed by atoms with Crippen molar-refractivity contribution in [1.29, 1.82) is 0 Å². The van der Waals surface area contributed by atoms with E-state index in [1.807, 2.05) is 6.07 Å². The van der Waals surface area contributed by atoms with E-state index in [4.69, 9.17) is 29.0 Å². The number of pyridine rings is 1. The normalized spacial score (nSPS) is 13.3. The van der Waals surface area contributed by atoms with E-state index in [9.17, 15) is 0 Å². The van der Waals surface area contributed by atoms with Crippen LogP contribution in [0.5, 0.6) is 5.75 Å². The molecule has 1 heterocycles. The second-order valence-corrected chi connectivity index (χ2v) is 10.6. The minimum Gasteiger partial charge on any atom is -0.494 e. The Morgan fingerprint density at radius 3 is 2.19 bits per heavy atom. The zero-order valence-electron chi connectivity index (χ0n) is 22.3. The molecule has 3 rings (SSSR count). The van der Waals surface area contributed by atoms with Crippen molar-refractivity contribution in [3.8, 4) is 5.75 Å². The molecule has 1 aromatic carbocycles. The fraction of sp³-hybridized carbons (Fsp3) is 0.667. The van der Waals surface area contributed by atoms with Crippen LogP contribution in [-0.2, 0) is 17.4 Å². The molecule has 1 aliphatic rings. The summed E-state index contributed by atoms with van der Waals surface area (Å²) in [4.78, 5) is 29.3. The van der Waals surface area contributed by atoms with Gasteiger partial charge in [-0.15, -0.1) is 0 Å². The van der Waals surface area contributed by atoms with Gasteiger partial charge in [0, 0.05) is 23.3 Å². The van der Waals surface area contributed by atoms with Gasteiger partial charge in [0.25, 0.3) is 0 Å². The number of nitrogens with zero attached hydrogens (tertiary/aromatic N) is 2. The molecule has 0 amide bonds. The van der Waals surface area contributed by atoms with Gasteiger partial charge in [-0.3, -0.25) is 0 Å². The van der Waals surface area contributed by atoms with Crippen molar-refractivity contribution in [3.05, 3.63) is 29.5 Å². The molecule has 0 saturated heterocycles. The first kappa shape index (κ1) is 30.5. The van der Waals surface area contributed by atoms with Crippen LogP contribution in [0.15, 0.2) is 18.2 Å². The Kier molecular flexibility index (Phi) is 13.7. The van der Waals surface area contributed by atoms with Crippen molar-refractivity contribution in [2.45, 2.75) is 84.5 Å². The lowest BCUT2D eigenvalue weighted by atomic mass is 9.92. The molecule has 0 atom stereocenters. The van der Waals surface area contributed by atoms with Crippen LogP contribution in [0.25, 0.3) is 10.9 Å². The Hall–Kier alpha value is -1.70. The third-order valence-corrected chi connectivity index (χ3v) is 6.58. The van der Waals surface area contributed by atoms with Gasteiger partial charge < -0.3 is 29.6 Å². The van der Waals surface area contributed by atoms with E-state index in [0.29, 0.717) is 0 Å². The second-order valence-electron chi connectivity index (χ2n) is 9.53. The van der Waals surface area contributed by atoms with Crippen LogP contribution < -0.4 is 10.1 Å². The number of fused-ring (bicyclic) bond motifs is 2. The van der Waals surface area contributed by atoms with E-state index in [1.165, 1.54) is 99.8 Å². The summed E-state index contributed by atoms with van der Waals surface area (Å²) in [6.45, 7) is 9.29. The fourth-order valence-corrected chi connectivity index (χ4v) is 4.81. The van der Waals surface area contributed by atoms with Crippen LogP contribution in [0.1, 0.15) is 82.9 Å². The van der Waals surface area contributed by atoms with E-state index in [1.54, 1.807) is 7.11 Å². The average Bonchev–Trinajstić information content (AvgIpc) is 2.84. The lowest BCUT2D eigenvalue weighted by molar-refractivity contribution is 0.261. The highest BCUT2D eigenvalue weighted by Gasteiger charge is 2.19. The fourth-order valence-electron chi connectivity index (χ4n) is 4.81. The quantitative estimate of drug-likeness (QED) is 0.185. The van der Waals surface area contributed by atoms with Gasteiger partial charge >= 0.3 is 7.82 Å². The molecule has 1 aromatic heterocycles. The number of aryl methyl sites for hydroxylation is 1. The summed E-state index contributed by atoms with van der Waals surface area (Å²) in [6, 6.07) is 6.31. The van der Waals surface area contributed by atoms with Crippen LogP contribution in [0.4, 0.5) is 5.69 Å². The molecule has 0 aliphatic heterocycles. The molecule has 8 nitrogen and oxygen atoms in total. The van der Waals surface area contributed by atoms with Gasteiger partial charge in [-0.1, -0.05) is 51.7 Å². The molecule has 0 spiro atoms. The summed E-state index contributed by atoms with van der Waals surface area (Å²) in [5.41, 5.74) is 5.03. The van der Waals surface area contributed by atoms with Gasteiger partial charge in [0.2, 0.25) is 0 Å². The number of nitrogens with one attached hydrogen (secondary N) is 1. The van der Waals surface area contributed by atoms with E-state index < -0.39 is 7.82 Å². The van der Waals surface area contributed by atoms with Crippen molar-refractivity contribution in [2.75, 3.05) is 38.6 Å². The van der Waals surface area contributed by atoms with Crippen molar-refractivity contribution in [2.24, 2.45) is 0 Å². The number of methoxy groups -OCH3 is 1. The largest absolute Gasteiger partial charge is 0.494 e. The van der Waals surface area contributed by atoms with Gasteiger partial charge in [0.05, 0.1) is 7.11 Å². The van der Waals surface area contributed by atoms with E-state index >= 15 is 0 Å². The van der Waals surface area contributed by atoms with Crippen LogP contribution in [0, 0.1) is 0 Å². The van der Waals surface area contributed by atoms with Crippen molar-refractivity contribution in [3.63, 3.8) is 0 Å². The molecule has 36 heavy (non-hydrogen) atoms. The molecule has 0 unspecified atom stereocenters. The van der Waals surface area contributed by atoms with Crippen molar-refractivity contribution in [1.82, 2.24) is 9.88 Å². The Balaban J connectivity index is 0.000000830. The van der Waals surface area contributed by atoms with Gasteiger partial charge in [0.1, 0.15) is 11.3 Å². The molecule has 204 valence electrons. The van der Waals surface area contributed by atoms with Gasteiger partial charge in [0.15, 0.2) is 0 Å². The Morgan fingerprint density at radius 1 is 0.972 bits per heavy atom. The number of phosphoric acid groups is 1. The van der Waals surface area contributed by atoms with E-state index in [2.05, 4.69) is 36.2 Å². The number of para-hydroxylation sites is 1. The number of ether oxygens (including phenoxy) is 1. The Bertz CT molecular complexity index is 948. The number of benzene rings is 1. The third kappa shape index (κ3) is 10.7. The van der Waals surface area contributed by atoms with Crippen molar-refractivity contribution < 1.29 is 24.0 Å². The summed E-state index contributed by atoms with van der Waals surface area (Å²) < 4.78 is 14.5. The minimum absolute atomic E-state index is 0.881. The molecule has 0 radical (unpaired) electrons. The third-order valence-electron chi connectivity index (χ3n) is 6.58. The van der Waals surface area contributed by atoms with Crippen LogP contribution in [0.2, 0.25) is 0 Å². The van der Waals surface area contributed by atoms with E-state index in [-0.39, 0.29) is 0 Å². The summed E-state index contributed by atoms with van der Waals surface area (Å²) >= 11 is 0. The highest BCUT2D eigenvalue weighted by molar-refractivity contribution is 7.45. The zero-order valence-corrected chi connectivity index (χ0v) is 23.2. The summed E-state index contributed by atoms with van der Waals surface area (Å²) in [5.74, 6) is 0.881. The number of unbranched alkanes of at least 4 members (excludes halogenated alkanes) is 4. The first-order valence-electron chi connectivity index (χ1n) is 13.5. The molecule has 0 fully saturated rings. The molecular weight excluding hydrogens is 477 g/mol. The topological polar surface area (TPSA) is 115 Å². The molecule has 4 N–H and O–H groups in total. The molecule has 2 aromatic rings. The number of hydrogen-bond donors (Lipinski definition) is 4. The lowest BCUT2D eigenvalue weighted by Gasteiger charge is -2.24. The Morgan fingerprint density at radius 2 is 1.58 bits per heavy atom. The predicted octanol–water partition coefficient (Wildman–Crippen LogP) is 5.68. The van der Waals surface area contributed by atoms with Gasteiger partial charge in [-0.25, -0.2) is 9.55 Å². The van der Waals surface area contributed by atoms with Crippen LogP contribution >= 0.6 is 7.82 Å². The average molecular weight is 524 g/mol. The van der Waals surface area contributed by atoms with Crippen LogP contribution in [-0.4, -0.2) is 57.9 Å². The summed E-state index contributed by atoms with van der Waals surface area (Å²) in [5, 5.41) is 5.05. The first-order valence-corrected chi connectivity index (χ1v) is 15.1. The minimum atomic E-state index is -4.64. The molecule has 9 heteroatoms. The summed E-state index contributed by atoms with van der Waals surface area (Å²) in [6.07, 6.45) is 13.9.